The van der Waals surface area contributed by atoms with Crippen molar-refractivity contribution in [3.05, 3.63) is 80.5 Å². The first kappa shape index (κ1) is 29.5. The molecular weight excluding hydrogens is 586 g/mol. The molecule has 236 valence electrons. The molecular formula is C34H35N7O5. The predicted octanol–water partition coefficient (Wildman–Crippen LogP) is 4.10. The highest BCUT2D eigenvalue weighted by molar-refractivity contribution is 5.95. The van der Waals surface area contributed by atoms with Gasteiger partial charge in [-0.25, -0.2) is 9.97 Å². The lowest BCUT2D eigenvalue weighted by Gasteiger charge is -2.35. The molecule has 1 N–H and O–H groups in total. The van der Waals surface area contributed by atoms with Crippen molar-refractivity contribution >= 4 is 33.8 Å². The first-order chi connectivity index (χ1) is 22.3. The summed E-state index contributed by atoms with van der Waals surface area (Å²) in [6, 6.07) is 12.2. The molecule has 1 saturated heterocycles. The van der Waals surface area contributed by atoms with Crippen molar-refractivity contribution in [3.63, 3.8) is 0 Å². The second kappa shape index (κ2) is 11.9. The number of aryl methyl sites for hydroxylation is 1. The highest BCUT2D eigenvalue weighted by atomic mass is 16.5. The fraction of sp³-hybridized carbons (Fsp3) is 0.353. The maximum atomic E-state index is 13.4. The number of anilines is 1. The quantitative estimate of drug-likeness (QED) is 0.297. The van der Waals surface area contributed by atoms with Crippen molar-refractivity contribution in [2.45, 2.75) is 38.6 Å². The van der Waals surface area contributed by atoms with Crippen LogP contribution in [0.4, 0.5) is 5.95 Å². The summed E-state index contributed by atoms with van der Waals surface area (Å²) in [5.41, 5.74) is 2.89. The van der Waals surface area contributed by atoms with Crippen LogP contribution in [0.1, 0.15) is 47.6 Å². The van der Waals surface area contributed by atoms with Gasteiger partial charge in [0.05, 0.1) is 19.7 Å². The third-order valence-electron chi connectivity index (χ3n) is 9.13. The van der Waals surface area contributed by atoms with E-state index in [1.807, 2.05) is 22.6 Å². The Balaban J connectivity index is 1.07. The molecule has 0 radical (unpaired) electrons. The van der Waals surface area contributed by atoms with Crippen molar-refractivity contribution in [1.82, 2.24) is 29.4 Å². The Morgan fingerprint density at radius 3 is 2.37 bits per heavy atom. The lowest BCUT2D eigenvalue weighted by atomic mass is 10.1. The van der Waals surface area contributed by atoms with E-state index in [9.17, 15) is 14.4 Å². The number of aromatic amines is 1. The molecule has 3 aromatic heterocycles. The molecule has 12 nitrogen and oxygen atoms in total. The number of nitrogens with zero attached hydrogens (tertiary/aromatic N) is 6. The molecule has 12 heteroatoms. The van der Waals surface area contributed by atoms with Crippen LogP contribution in [0.15, 0.2) is 58.3 Å². The van der Waals surface area contributed by atoms with Gasteiger partial charge in [-0.05, 0) is 37.5 Å². The molecule has 1 aliphatic heterocycles. The standard InChI is InChI=1S/C34H35N7O5/c1-20-16-28(42)41(23-6-4-5-7-23)31-25(20)19-35-34(38-31)40-14-12-39(13-15-40)33(44)22-10-8-21(9-11-22)30-36-26-17-24(45-2)18-27(46-3)29(26)32(43)37-30/h8-11,16-19,23H,4-7,12-15H2,1-3H3,(H,36,37,43). The van der Waals surface area contributed by atoms with Crippen molar-refractivity contribution in [2.75, 3.05) is 45.3 Å². The molecule has 1 aliphatic carbocycles. The van der Waals surface area contributed by atoms with Crippen molar-refractivity contribution < 1.29 is 14.3 Å². The number of hydrogen-bond acceptors (Lipinski definition) is 9. The van der Waals surface area contributed by atoms with E-state index < -0.39 is 0 Å². The molecule has 2 fully saturated rings. The summed E-state index contributed by atoms with van der Waals surface area (Å²) in [5, 5.41) is 1.24. The van der Waals surface area contributed by atoms with Crippen LogP contribution in [-0.2, 0) is 0 Å². The second-order valence-electron chi connectivity index (χ2n) is 11.9. The zero-order chi connectivity index (χ0) is 31.9. The van der Waals surface area contributed by atoms with Gasteiger partial charge >= 0.3 is 0 Å². The van der Waals surface area contributed by atoms with E-state index in [0.717, 1.165) is 36.6 Å². The Bertz CT molecular complexity index is 2080. The molecule has 0 unspecified atom stereocenters. The summed E-state index contributed by atoms with van der Waals surface area (Å²) in [7, 11) is 3.03. The van der Waals surface area contributed by atoms with Crippen LogP contribution >= 0.6 is 0 Å². The normalized spacial score (nSPS) is 15.5. The molecule has 1 amide bonds. The van der Waals surface area contributed by atoms with Gasteiger partial charge in [-0.1, -0.05) is 25.0 Å². The van der Waals surface area contributed by atoms with Crippen molar-refractivity contribution in [1.29, 1.82) is 0 Å². The number of carbonyl (C=O) groups is 1. The SMILES string of the molecule is COc1cc(OC)c2c(=O)[nH]c(-c3ccc(C(=O)N4CCN(c5ncc6c(C)cc(=O)n(C7CCCC7)c6n5)CC4)cc3)nc2c1. The number of ether oxygens (including phenoxy) is 2. The maximum Gasteiger partial charge on any atom is 0.262 e. The summed E-state index contributed by atoms with van der Waals surface area (Å²) in [6.45, 7) is 4.09. The van der Waals surface area contributed by atoms with Crippen LogP contribution < -0.4 is 25.5 Å². The van der Waals surface area contributed by atoms with Gasteiger partial charge in [0.25, 0.3) is 17.0 Å². The summed E-state index contributed by atoms with van der Waals surface area (Å²) in [6.07, 6.45) is 6.03. The Morgan fingerprint density at radius 1 is 0.935 bits per heavy atom. The first-order valence-corrected chi connectivity index (χ1v) is 15.5. The number of hydrogen-bond donors (Lipinski definition) is 1. The molecule has 0 spiro atoms. The number of rotatable bonds is 6. The van der Waals surface area contributed by atoms with Gasteiger partial charge in [0.1, 0.15) is 28.4 Å². The smallest absolute Gasteiger partial charge is 0.262 e. The van der Waals surface area contributed by atoms with Crippen LogP contribution in [-0.4, -0.2) is 75.7 Å². The fourth-order valence-corrected chi connectivity index (χ4v) is 6.62. The maximum absolute atomic E-state index is 13.4. The number of methoxy groups -OCH3 is 2. The number of benzene rings is 2. The van der Waals surface area contributed by atoms with Crippen molar-refractivity contribution in [2.24, 2.45) is 0 Å². The van der Waals surface area contributed by atoms with Crippen LogP contribution in [0.5, 0.6) is 11.5 Å². The molecule has 1 saturated carbocycles. The van der Waals surface area contributed by atoms with E-state index in [-0.39, 0.29) is 23.1 Å². The summed E-state index contributed by atoms with van der Waals surface area (Å²) in [5.74, 6) is 1.78. The third-order valence-corrected chi connectivity index (χ3v) is 9.13. The minimum Gasteiger partial charge on any atom is -0.497 e. The lowest BCUT2D eigenvalue weighted by molar-refractivity contribution is 0.0746. The van der Waals surface area contributed by atoms with Gasteiger partial charge in [-0.3, -0.25) is 19.0 Å². The first-order valence-electron chi connectivity index (χ1n) is 15.5. The number of H-pyrrole nitrogens is 1. The van der Waals surface area contributed by atoms with Crippen LogP contribution in [0, 0.1) is 6.92 Å². The summed E-state index contributed by atoms with van der Waals surface area (Å²) < 4.78 is 12.6. The number of nitrogens with one attached hydrogen (secondary N) is 1. The van der Waals surface area contributed by atoms with E-state index >= 15 is 0 Å². The van der Waals surface area contributed by atoms with Gasteiger partial charge in [-0.15, -0.1) is 0 Å². The average molecular weight is 622 g/mol. The zero-order valence-electron chi connectivity index (χ0n) is 26.1. The van der Waals surface area contributed by atoms with Crippen LogP contribution in [0.3, 0.4) is 0 Å². The highest BCUT2D eigenvalue weighted by Crippen LogP contribution is 2.32. The zero-order valence-corrected chi connectivity index (χ0v) is 26.1. The largest absolute Gasteiger partial charge is 0.497 e. The molecule has 2 aromatic carbocycles. The molecule has 2 aliphatic rings. The average Bonchev–Trinajstić information content (AvgIpc) is 3.61. The number of aromatic nitrogens is 5. The molecule has 0 bridgehead atoms. The van der Waals surface area contributed by atoms with E-state index in [1.54, 1.807) is 42.5 Å². The Hall–Kier alpha value is -5.26. The minimum atomic E-state index is -0.329. The van der Waals surface area contributed by atoms with Crippen molar-refractivity contribution in [3.8, 4) is 22.9 Å². The van der Waals surface area contributed by atoms with Gasteiger partial charge in [-0.2, -0.15) is 4.98 Å². The topological polar surface area (TPSA) is 136 Å². The van der Waals surface area contributed by atoms with E-state index in [0.29, 0.717) is 77.1 Å². The number of amides is 1. The number of piperazine rings is 1. The molecule has 46 heavy (non-hydrogen) atoms. The van der Waals surface area contributed by atoms with Gasteiger partial charge in [0.2, 0.25) is 5.95 Å². The molecule has 7 rings (SSSR count). The Kier molecular flexibility index (Phi) is 7.63. The van der Waals surface area contributed by atoms with Gasteiger partial charge < -0.3 is 24.3 Å². The fourth-order valence-electron chi connectivity index (χ4n) is 6.62. The summed E-state index contributed by atoms with van der Waals surface area (Å²) in [4.78, 5) is 60.3. The molecule has 5 aromatic rings. The molecule has 0 atom stereocenters. The number of fused-ring (bicyclic) bond motifs is 2. The highest BCUT2D eigenvalue weighted by Gasteiger charge is 2.26. The Morgan fingerprint density at radius 2 is 1.67 bits per heavy atom. The summed E-state index contributed by atoms with van der Waals surface area (Å²) >= 11 is 0. The van der Waals surface area contributed by atoms with Gasteiger partial charge in [0.15, 0.2) is 0 Å². The monoisotopic (exact) mass is 621 g/mol. The van der Waals surface area contributed by atoms with E-state index in [4.69, 9.17) is 14.5 Å². The lowest BCUT2D eigenvalue weighted by Crippen LogP contribution is -2.49. The van der Waals surface area contributed by atoms with E-state index in [2.05, 4.69) is 19.9 Å². The second-order valence-corrected chi connectivity index (χ2v) is 11.9. The van der Waals surface area contributed by atoms with E-state index in [1.165, 1.54) is 14.2 Å². The van der Waals surface area contributed by atoms with Gasteiger partial charge in [0, 0.05) is 73.1 Å². The third kappa shape index (κ3) is 5.23. The Labute approximate surface area is 264 Å². The minimum absolute atomic E-state index is 0.00815. The van der Waals surface area contributed by atoms with Crippen LogP contribution in [0.2, 0.25) is 0 Å². The number of carbonyl (C=O) groups excluding carboxylic acids is 1. The number of pyridine rings is 1. The predicted molar refractivity (Wildman–Crippen MR) is 175 cm³/mol. The van der Waals surface area contributed by atoms with Crippen LogP contribution in [0.25, 0.3) is 33.3 Å². The molecule has 4 heterocycles.